The molecule has 184 valence electrons. The summed E-state index contributed by atoms with van der Waals surface area (Å²) in [5, 5.41) is 27.5. The highest BCUT2D eigenvalue weighted by Gasteiger charge is 2.28. The average Bonchev–Trinajstić information content (AvgIpc) is 2.66. The fraction of sp³-hybridized carbons (Fsp3) is 0.111. The number of azo groups is 1. The van der Waals surface area contributed by atoms with E-state index in [-0.39, 0.29) is 10.9 Å². The third-order valence-electron chi connectivity index (χ3n) is 4.64. The van der Waals surface area contributed by atoms with Gasteiger partial charge >= 0.3 is 0 Å². The molecule has 0 amide bonds. The van der Waals surface area contributed by atoms with E-state index in [1.165, 1.54) is 19.9 Å². The molecule has 0 aromatic heterocycles. The van der Waals surface area contributed by atoms with Crippen molar-refractivity contribution < 1.29 is 49.8 Å². The molecule has 0 saturated carbocycles. The fourth-order valence-corrected chi connectivity index (χ4v) is 5.24. The molecule has 3 rings (SSSR count). The maximum absolute atomic E-state index is 12.0. The largest absolute Gasteiger partial charge is 0.505 e. The minimum atomic E-state index is -5.06. The number of phenols is 2. The molecule has 0 atom stereocenters. The van der Waals surface area contributed by atoms with Crippen LogP contribution in [0.25, 0.3) is 10.8 Å². The van der Waals surface area contributed by atoms with E-state index in [4.69, 9.17) is 0 Å². The molecule has 0 heterocycles. The lowest BCUT2D eigenvalue weighted by atomic mass is 10.1. The predicted molar refractivity (Wildman–Crippen MR) is 121 cm³/mol. The van der Waals surface area contributed by atoms with Crippen molar-refractivity contribution in [3.63, 3.8) is 0 Å². The number of hydrogen-bond donors (Lipinski definition) is 7. The molecule has 34 heavy (non-hydrogen) atoms. The van der Waals surface area contributed by atoms with Crippen molar-refractivity contribution in [2.75, 3.05) is 0 Å². The van der Waals surface area contributed by atoms with Crippen LogP contribution >= 0.6 is 10.9 Å². The number of benzene rings is 3. The number of hydrogen-bond acceptors (Lipinski definition) is 11. The van der Waals surface area contributed by atoms with Crippen LogP contribution in [0.5, 0.6) is 11.5 Å². The van der Waals surface area contributed by atoms with Crippen molar-refractivity contribution in [1.29, 1.82) is 0 Å². The van der Waals surface area contributed by atoms with Crippen molar-refractivity contribution in [1.82, 2.24) is 0 Å². The van der Waals surface area contributed by atoms with E-state index in [1.54, 1.807) is 0 Å². The zero-order valence-electron chi connectivity index (χ0n) is 17.3. The molecule has 0 aliphatic carbocycles. The molecule has 7 N–H and O–H groups in total. The third-order valence-corrected chi connectivity index (χ3v) is 7.25. The van der Waals surface area contributed by atoms with Gasteiger partial charge in [0.1, 0.15) is 32.9 Å². The van der Waals surface area contributed by atoms with E-state index >= 15 is 0 Å². The Labute approximate surface area is 194 Å². The fourth-order valence-electron chi connectivity index (χ4n) is 3.16. The molecule has 0 aliphatic heterocycles. The van der Waals surface area contributed by atoms with Crippen LogP contribution < -0.4 is 0 Å². The lowest BCUT2D eigenvalue weighted by Crippen LogP contribution is -2.02. The topological polar surface area (TPSA) is 235 Å². The van der Waals surface area contributed by atoms with Gasteiger partial charge in [-0.25, -0.2) is 0 Å². The lowest BCUT2D eigenvalue weighted by molar-refractivity contribution is 0.376. The van der Waals surface area contributed by atoms with Crippen LogP contribution in [-0.4, -0.2) is 49.8 Å². The Morgan fingerprint density at radius 1 is 0.706 bits per heavy atom. The summed E-state index contributed by atoms with van der Waals surface area (Å²) in [7, 11) is -14.2. The zero-order chi connectivity index (χ0) is 25.8. The van der Waals surface area contributed by atoms with Crippen molar-refractivity contribution >= 4 is 53.3 Å². The van der Waals surface area contributed by atoms with Crippen LogP contribution in [0, 0.1) is 13.8 Å². The molecule has 3 aromatic rings. The van der Waals surface area contributed by atoms with E-state index < -0.39 is 74.1 Å². The van der Waals surface area contributed by atoms with Crippen LogP contribution in [0.1, 0.15) is 11.1 Å². The van der Waals surface area contributed by atoms with Crippen molar-refractivity contribution in [2.24, 2.45) is 10.2 Å². The predicted octanol–water partition coefficient (Wildman–Crippen LogP) is 4.36. The number of fused-ring (bicyclic) bond motifs is 1. The van der Waals surface area contributed by atoms with Crippen LogP contribution in [0.4, 0.5) is 11.4 Å². The minimum absolute atomic E-state index is 0.0474. The Bertz CT molecular complexity index is 1580. The van der Waals surface area contributed by atoms with Gasteiger partial charge in [0.2, 0.25) is 0 Å². The SMILES string of the molecule is Cc1cc(S(O)(O)O)c2c(O)c(N=Nc3cc(S(=O)(=O)O)cc(C)c3O)c(S(=O)(=O)O)cc2c1. The monoisotopic (exact) mass is 534 g/mol. The first kappa shape index (κ1) is 25.8. The standard InChI is InChI=1S/C18H18N2O11S3/c1-8-3-10-6-14(34(29,30)31)16(18(22)15(10)13(4-8)33(26,27)28)20-19-12-7-11(32(23,24)25)5-9(2)17(12)21/h3-7,21-22,26-28H,1-2H3,(H,23,24,25)(H,29,30,31). The van der Waals surface area contributed by atoms with Gasteiger partial charge in [0.25, 0.3) is 20.2 Å². The van der Waals surface area contributed by atoms with E-state index in [0.717, 1.165) is 18.2 Å². The molecule has 0 saturated heterocycles. The van der Waals surface area contributed by atoms with Gasteiger partial charge in [0, 0.05) is 5.39 Å². The van der Waals surface area contributed by atoms with E-state index in [9.17, 15) is 49.8 Å². The molecule has 0 radical (unpaired) electrons. The molecule has 0 spiro atoms. The molecule has 0 bridgehead atoms. The van der Waals surface area contributed by atoms with Gasteiger partial charge < -0.3 is 23.9 Å². The van der Waals surface area contributed by atoms with Gasteiger partial charge in [-0.05, 0) is 54.6 Å². The van der Waals surface area contributed by atoms with Gasteiger partial charge in [0.05, 0.1) is 9.79 Å². The summed E-state index contributed by atoms with van der Waals surface area (Å²) in [5.41, 5.74) is -1.18. The van der Waals surface area contributed by atoms with Crippen molar-refractivity contribution in [3.8, 4) is 11.5 Å². The molecule has 16 heteroatoms. The molecule has 0 aliphatic rings. The van der Waals surface area contributed by atoms with Gasteiger partial charge in [0.15, 0.2) is 5.75 Å². The molecular formula is C18H18N2O11S3. The molecular weight excluding hydrogens is 516 g/mol. The van der Waals surface area contributed by atoms with Crippen LogP contribution in [0.3, 0.4) is 0 Å². The van der Waals surface area contributed by atoms with Crippen molar-refractivity contribution in [3.05, 3.63) is 41.5 Å². The van der Waals surface area contributed by atoms with Crippen LogP contribution in [0.15, 0.2) is 55.2 Å². The maximum Gasteiger partial charge on any atom is 0.296 e. The summed E-state index contributed by atoms with van der Waals surface area (Å²) in [4.78, 5) is -2.19. The van der Waals surface area contributed by atoms with Gasteiger partial charge in [-0.3, -0.25) is 9.11 Å². The smallest absolute Gasteiger partial charge is 0.296 e. The van der Waals surface area contributed by atoms with Crippen LogP contribution in [0.2, 0.25) is 0 Å². The van der Waals surface area contributed by atoms with Gasteiger partial charge in [-0.2, -0.15) is 16.8 Å². The number of aromatic hydroxyl groups is 2. The number of nitrogens with zero attached hydrogens (tertiary/aromatic N) is 2. The summed E-state index contributed by atoms with van der Waals surface area (Å²) < 4.78 is 95.1. The van der Waals surface area contributed by atoms with Crippen LogP contribution in [-0.2, 0) is 20.2 Å². The number of aryl methyl sites for hydroxylation is 2. The van der Waals surface area contributed by atoms with E-state index in [2.05, 4.69) is 10.2 Å². The molecule has 0 unspecified atom stereocenters. The van der Waals surface area contributed by atoms with Crippen molar-refractivity contribution in [2.45, 2.75) is 28.5 Å². The second kappa shape index (κ2) is 8.43. The summed E-state index contributed by atoms with van der Waals surface area (Å²) >= 11 is 0. The Hall–Kier alpha value is -2.83. The highest BCUT2D eigenvalue weighted by Crippen LogP contribution is 2.53. The van der Waals surface area contributed by atoms with E-state index in [1.807, 2.05) is 0 Å². The second-order valence-corrected chi connectivity index (χ2v) is 11.5. The Kier molecular flexibility index (Phi) is 6.40. The average molecular weight is 535 g/mol. The Morgan fingerprint density at radius 2 is 1.32 bits per heavy atom. The minimum Gasteiger partial charge on any atom is -0.505 e. The molecule has 3 aromatic carbocycles. The highest BCUT2D eigenvalue weighted by atomic mass is 32.3. The molecule has 0 fully saturated rings. The summed E-state index contributed by atoms with van der Waals surface area (Å²) in [6, 6.07) is 4.92. The number of rotatable bonds is 5. The summed E-state index contributed by atoms with van der Waals surface area (Å²) in [6.07, 6.45) is 0. The first-order chi connectivity index (χ1) is 15.4. The summed E-state index contributed by atoms with van der Waals surface area (Å²) in [6.45, 7) is 2.76. The Morgan fingerprint density at radius 3 is 1.85 bits per heavy atom. The van der Waals surface area contributed by atoms with E-state index in [0.29, 0.717) is 11.6 Å². The molecule has 13 nitrogen and oxygen atoms in total. The Balaban J connectivity index is 2.40. The number of phenolic OH excluding ortho intramolecular Hbond substituents is 2. The highest BCUT2D eigenvalue weighted by molar-refractivity contribution is 8.19. The third kappa shape index (κ3) is 4.98. The maximum atomic E-state index is 12.0. The first-order valence-corrected chi connectivity index (χ1v) is 13.3. The summed E-state index contributed by atoms with van der Waals surface area (Å²) in [5.74, 6) is -1.62. The normalized spacial score (nSPS) is 13.6. The quantitative estimate of drug-likeness (QED) is 0.179. The first-order valence-electron chi connectivity index (χ1n) is 8.92. The van der Waals surface area contributed by atoms with Gasteiger partial charge in [-0.15, -0.1) is 10.2 Å². The van der Waals surface area contributed by atoms with Gasteiger partial charge in [-0.1, -0.05) is 6.07 Å². The lowest BCUT2D eigenvalue weighted by Gasteiger charge is -2.23. The second-order valence-electron chi connectivity index (χ2n) is 7.21. The zero-order valence-corrected chi connectivity index (χ0v) is 19.7.